The second-order valence-electron chi connectivity index (χ2n) is 5.13. The summed E-state index contributed by atoms with van der Waals surface area (Å²) in [6.45, 7) is 5.97. The molecule has 0 heterocycles. The summed E-state index contributed by atoms with van der Waals surface area (Å²) in [5.74, 6) is 0. The van der Waals surface area contributed by atoms with Gasteiger partial charge in [-0.1, -0.05) is 35.0 Å². The molecule has 1 atom stereocenters. The Balaban J connectivity index is 1.67. The number of nitrogens with zero attached hydrogens (tertiary/aromatic N) is 1. The van der Waals surface area contributed by atoms with E-state index in [1.165, 1.54) is 12.8 Å². The monoisotopic (exact) mass is 326 g/mol. The molecule has 2 N–H and O–H groups in total. The summed E-state index contributed by atoms with van der Waals surface area (Å²) >= 11 is 3.43. The van der Waals surface area contributed by atoms with E-state index in [2.05, 4.69) is 33.1 Å². The second kappa shape index (κ2) is 7.39. The number of halogens is 1. The van der Waals surface area contributed by atoms with E-state index in [1.54, 1.807) is 0 Å². The maximum absolute atomic E-state index is 10.1. The van der Waals surface area contributed by atoms with Crippen molar-refractivity contribution in [1.29, 1.82) is 0 Å². The van der Waals surface area contributed by atoms with Gasteiger partial charge in [-0.25, -0.2) is 0 Å². The Morgan fingerprint density at radius 1 is 1.47 bits per heavy atom. The van der Waals surface area contributed by atoms with Gasteiger partial charge in [0.2, 0.25) is 0 Å². The van der Waals surface area contributed by atoms with Crippen molar-refractivity contribution < 1.29 is 5.11 Å². The van der Waals surface area contributed by atoms with Crippen molar-refractivity contribution in [2.24, 2.45) is 0 Å². The lowest BCUT2D eigenvalue weighted by molar-refractivity contribution is 0.171. The highest BCUT2D eigenvalue weighted by Crippen LogP contribution is 2.25. The van der Waals surface area contributed by atoms with Gasteiger partial charge in [-0.2, -0.15) is 0 Å². The fourth-order valence-corrected chi connectivity index (χ4v) is 2.75. The van der Waals surface area contributed by atoms with E-state index in [0.717, 1.165) is 35.7 Å². The summed E-state index contributed by atoms with van der Waals surface area (Å²) in [4.78, 5) is 2.51. The molecule has 1 aliphatic carbocycles. The summed E-state index contributed by atoms with van der Waals surface area (Å²) in [5.41, 5.74) is 0.955. The first kappa shape index (κ1) is 15.0. The van der Waals surface area contributed by atoms with E-state index in [1.807, 2.05) is 24.3 Å². The maximum Gasteiger partial charge on any atom is 0.0914 e. The normalized spacial score (nSPS) is 16.8. The highest BCUT2D eigenvalue weighted by molar-refractivity contribution is 9.10. The topological polar surface area (TPSA) is 35.5 Å². The molecule has 0 aromatic heterocycles. The van der Waals surface area contributed by atoms with Crippen LogP contribution in [0.15, 0.2) is 28.7 Å². The van der Waals surface area contributed by atoms with Gasteiger partial charge in [0.1, 0.15) is 0 Å². The lowest BCUT2D eigenvalue weighted by atomic mass is 10.1. The molecule has 4 heteroatoms. The van der Waals surface area contributed by atoms with Gasteiger partial charge in [0.15, 0.2) is 0 Å². The van der Waals surface area contributed by atoms with E-state index in [-0.39, 0.29) is 0 Å². The van der Waals surface area contributed by atoms with Gasteiger partial charge in [0, 0.05) is 30.1 Å². The van der Waals surface area contributed by atoms with Crippen molar-refractivity contribution >= 4 is 15.9 Å². The summed E-state index contributed by atoms with van der Waals surface area (Å²) in [6, 6.07) is 8.67. The number of aliphatic hydroxyl groups is 1. The standard InChI is InChI=1S/C15H23BrN2O/c1-2-18(14-6-7-14)9-8-17-11-15(19)12-4-3-5-13(16)10-12/h3-5,10,14-15,17,19H,2,6-9,11H2,1H3. The molecule has 0 aliphatic heterocycles. The van der Waals surface area contributed by atoms with Crippen LogP contribution in [0.4, 0.5) is 0 Å². The van der Waals surface area contributed by atoms with Crippen molar-refractivity contribution in [1.82, 2.24) is 10.2 Å². The Morgan fingerprint density at radius 3 is 2.89 bits per heavy atom. The minimum absolute atomic E-state index is 0.437. The molecule has 1 saturated carbocycles. The third-order valence-electron chi connectivity index (χ3n) is 3.62. The average Bonchev–Trinajstić information content (AvgIpc) is 3.23. The molecular formula is C15H23BrN2O. The Hall–Kier alpha value is -0.420. The van der Waals surface area contributed by atoms with Gasteiger partial charge in [0.05, 0.1) is 6.10 Å². The van der Waals surface area contributed by atoms with Crippen LogP contribution in [0.5, 0.6) is 0 Å². The van der Waals surface area contributed by atoms with E-state index < -0.39 is 6.10 Å². The first-order chi connectivity index (χ1) is 9.20. The van der Waals surface area contributed by atoms with Crippen molar-refractivity contribution in [3.05, 3.63) is 34.3 Å². The van der Waals surface area contributed by atoms with Gasteiger partial charge >= 0.3 is 0 Å². The highest BCUT2D eigenvalue weighted by Gasteiger charge is 2.27. The molecule has 0 radical (unpaired) electrons. The number of rotatable bonds is 8. The lowest BCUT2D eigenvalue weighted by Crippen LogP contribution is -2.35. The first-order valence-corrected chi connectivity index (χ1v) is 7.88. The molecule has 1 unspecified atom stereocenters. The van der Waals surface area contributed by atoms with Crippen LogP contribution in [0.1, 0.15) is 31.4 Å². The largest absolute Gasteiger partial charge is 0.387 e. The van der Waals surface area contributed by atoms with Crippen LogP contribution < -0.4 is 5.32 Å². The molecule has 106 valence electrons. The molecule has 0 saturated heterocycles. The SMILES string of the molecule is CCN(CCNCC(O)c1cccc(Br)c1)C1CC1. The van der Waals surface area contributed by atoms with E-state index in [4.69, 9.17) is 0 Å². The number of nitrogens with one attached hydrogen (secondary N) is 1. The van der Waals surface area contributed by atoms with Gasteiger partial charge in [-0.3, -0.25) is 4.90 Å². The Bertz CT molecular complexity index is 395. The number of aliphatic hydroxyl groups excluding tert-OH is 1. The van der Waals surface area contributed by atoms with Crippen LogP contribution >= 0.6 is 15.9 Å². The van der Waals surface area contributed by atoms with Gasteiger partial charge in [-0.05, 0) is 37.1 Å². The van der Waals surface area contributed by atoms with Crippen LogP contribution in [0.3, 0.4) is 0 Å². The molecule has 1 fully saturated rings. The summed E-state index contributed by atoms with van der Waals surface area (Å²) in [5, 5.41) is 13.4. The zero-order chi connectivity index (χ0) is 13.7. The minimum Gasteiger partial charge on any atom is -0.387 e. The Kier molecular flexibility index (Phi) is 5.82. The smallest absolute Gasteiger partial charge is 0.0914 e. The minimum atomic E-state index is -0.437. The molecule has 0 amide bonds. The average molecular weight is 327 g/mol. The first-order valence-electron chi connectivity index (χ1n) is 7.09. The summed E-state index contributed by atoms with van der Waals surface area (Å²) in [6.07, 6.45) is 2.27. The number of hydrogen-bond donors (Lipinski definition) is 2. The highest BCUT2D eigenvalue weighted by atomic mass is 79.9. The number of hydrogen-bond acceptors (Lipinski definition) is 3. The van der Waals surface area contributed by atoms with Gasteiger partial charge < -0.3 is 10.4 Å². The van der Waals surface area contributed by atoms with Crippen LogP contribution in [-0.4, -0.2) is 42.2 Å². The van der Waals surface area contributed by atoms with Crippen LogP contribution in [0.25, 0.3) is 0 Å². The molecule has 1 aromatic rings. The molecular weight excluding hydrogens is 304 g/mol. The van der Waals surface area contributed by atoms with E-state index in [9.17, 15) is 5.11 Å². The number of likely N-dealkylation sites (N-methyl/N-ethyl adjacent to an activating group) is 1. The van der Waals surface area contributed by atoms with Crippen molar-refractivity contribution in [3.63, 3.8) is 0 Å². The lowest BCUT2D eigenvalue weighted by Gasteiger charge is -2.20. The van der Waals surface area contributed by atoms with Gasteiger partial charge in [-0.15, -0.1) is 0 Å². The molecule has 1 aromatic carbocycles. The maximum atomic E-state index is 10.1. The van der Waals surface area contributed by atoms with Crippen molar-refractivity contribution in [2.75, 3.05) is 26.2 Å². The summed E-state index contributed by atoms with van der Waals surface area (Å²) < 4.78 is 1.01. The molecule has 2 rings (SSSR count). The van der Waals surface area contributed by atoms with Crippen molar-refractivity contribution in [2.45, 2.75) is 31.9 Å². The Morgan fingerprint density at radius 2 is 2.26 bits per heavy atom. The fraction of sp³-hybridized carbons (Fsp3) is 0.600. The molecule has 19 heavy (non-hydrogen) atoms. The van der Waals surface area contributed by atoms with Crippen LogP contribution in [0.2, 0.25) is 0 Å². The fourth-order valence-electron chi connectivity index (χ4n) is 2.33. The predicted octanol–water partition coefficient (Wildman–Crippen LogP) is 2.56. The molecule has 0 spiro atoms. The zero-order valence-electron chi connectivity index (χ0n) is 11.5. The Labute approximate surface area is 124 Å². The van der Waals surface area contributed by atoms with Gasteiger partial charge in [0.25, 0.3) is 0 Å². The quantitative estimate of drug-likeness (QED) is 0.721. The third kappa shape index (κ3) is 4.88. The number of benzene rings is 1. The molecule has 0 bridgehead atoms. The molecule has 3 nitrogen and oxygen atoms in total. The van der Waals surface area contributed by atoms with Crippen LogP contribution in [-0.2, 0) is 0 Å². The second-order valence-corrected chi connectivity index (χ2v) is 6.05. The third-order valence-corrected chi connectivity index (χ3v) is 4.11. The summed E-state index contributed by atoms with van der Waals surface area (Å²) in [7, 11) is 0. The molecule has 1 aliphatic rings. The van der Waals surface area contributed by atoms with E-state index >= 15 is 0 Å². The van der Waals surface area contributed by atoms with Crippen LogP contribution in [0, 0.1) is 0 Å². The van der Waals surface area contributed by atoms with E-state index in [0.29, 0.717) is 6.54 Å². The predicted molar refractivity (Wildman–Crippen MR) is 82.2 cm³/mol. The van der Waals surface area contributed by atoms with Crippen molar-refractivity contribution in [3.8, 4) is 0 Å². The zero-order valence-corrected chi connectivity index (χ0v) is 13.1.